The molecule has 2 aliphatic heterocycles. The lowest BCUT2D eigenvalue weighted by Crippen LogP contribution is -2.68. The number of hydrogen-bond acceptors (Lipinski definition) is 6. The standard InChI is InChI=1S/C33H45NO5Si/c1-8-36-29(35)33(21-26-34(39-33)27-25-19-20-32(7,28(27)38-26)31(25,5)6)22-37-40(30(2,3)4,23-15-11-9-12-16-23)24-17-13-10-14-18-24/h9-18,25-28H,8,19-22H2,1-7H3/t25-,26+,27-,28-,32+,33-/m1/s1. The SMILES string of the molecule is CCOC(=O)[C@]1(CO[Si](c2ccccc2)(c2ccccc2)C(C)(C)C)C[C@@H]2O[C@@H]3[C@@H]([C@H]4CC[C@]3(C)C4(C)C)N2O1. The molecule has 0 aromatic heterocycles. The normalized spacial score (nSPS) is 34.6. The average molecular weight is 564 g/mol. The highest BCUT2D eigenvalue weighted by molar-refractivity contribution is 6.99. The summed E-state index contributed by atoms with van der Waals surface area (Å²) >= 11 is 0. The zero-order chi connectivity index (χ0) is 28.6. The number of fused-ring (bicyclic) bond motifs is 7. The smallest absolute Gasteiger partial charge is 0.343 e. The lowest BCUT2D eigenvalue weighted by Gasteiger charge is -2.44. The molecule has 7 heteroatoms. The highest BCUT2D eigenvalue weighted by Crippen LogP contribution is 2.70. The molecule has 4 fully saturated rings. The van der Waals surface area contributed by atoms with E-state index in [0.29, 0.717) is 12.3 Å². The number of carbonyl (C=O) groups is 1. The number of ether oxygens (including phenoxy) is 2. The van der Waals surface area contributed by atoms with Crippen molar-refractivity contribution >= 4 is 24.7 Å². The van der Waals surface area contributed by atoms with Crippen molar-refractivity contribution in [1.82, 2.24) is 5.06 Å². The Morgan fingerprint density at radius 1 is 1.02 bits per heavy atom. The van der Waals surface area contributed by atoms with Crippen molar-refractivity contribution in [3.05, 3.63) is 60.7 Å². The van der Waals surface area contributed by atoms with E-state index in [1.165, 1.54) is 16.8 Å². The van der Waals surface area contributed by atoms with Crippen LogP contribution in [0.3, 0.4) is 0 Å². The van der Waals surface area contributed by atoms with Gasteiger partial charge in [0, 0.05) is 11.8 Å². The van der Waals surface area contributed by atoms with E-state index < -0.39 is 13.9 Å². The van der Waals surface area contributed by atoms with Gasteiger partial charge in [-0.15, -0.1) is 0 Å². The minimum Gasteiger partial charge on any atom is -0.464 e. The van der Waals surface area contributed by atoms with E-state index in [9.17, 15) is 4.79 Å². The Kier molecular flexibility index (Phi) is 6.67. The molecule has 6 nitrogen and oxygen atoms in total. The van der Waals surface area contributed by atoms with Crippen LogP contribution in [0.4, 0.5) is 0 Å². The monoisotopic (exact) mass is 563 g/mol. The van der Waals surface area contributed by atoms with Gasteiger partial charge in [0.25, 0.3) is 8.32 Å². The molecule has 0 unspecified atom stereocenters. The van der Waals surface area contributed by atoms with E-state index in [4.69, 9.17) is 18.7 Å². The van der Waals surface area contributed by atoms with Gasteiger partial charge in [-0.1, -0.05) is 102 Å². The number of hydroxylamine groups is 2. The van der Waals surface area contributed by atoms with Crippen LogP contribution < -0.4 is 10.4 Å². The molecule has 2 saturated carbocycles. The van der Waals surface area contributed by atoms with Gasteiger partial charge in [0.2, 0.25) is 5.60 Å². The summed E-state index contributed by atoms with van der Waals surface area (Å²) in [5, 5.41) is 4.16. The number of carbonyl (C=O) groups excluding carboxylic acids is 1. The molecule has 0 spiro atoms. The molecular weight excluding hydrogens is 518 g/mol. The van der Waals surface area contributed by atoms with Crippen LogP contribution in [0.1, 0.15) is 67.7 Å². The molecule has 0 amide bonds. The van der Waals surface area contributed by atoms with E-state index in [2.05, 4.69) is 90.1 Å². The van der Waals surface area contributed by atoms with Crippen molar-refractivity contribution in [1.29, 1.82) is 0 Å². The van der Waals surface area contributed by atoms with Crippen molar-refractivity contribution < 1.29 is 23.5 Å². The van der Waals surface area contributed by atoms with Crippen LogP contribution in [-0.2, 0) is 23.5 Å². The van der Waals surface area contributed by atoms with Crippen LogP contribution in [0.5, 0.6) is 0 Å². The van der Waals surface area contributed by atoms with Crippen molar-refractivity contribution in [3.63, 3.8) is 0 Å². The first-order chi connectivity index (χ1) is 18.9. The van der Waals surface area contributed by atoms with Gasteiger partial charge in [-0.3, -0.25) is 4.84 Å². The van der Waals surface area contributed by atoms with Crippen molar-refractivity contribution in [2.45, 2.75) is 96.7 Å². The van der Waals surface area contributed by atoms with Gasteiger partial charge < -0.3 is 13.9 Å². The third-order valence-electron chi connectivity index (χ3n) is 11.0. The average Bonchev–Trinajstić information content (AvgIpc) is 3.57. The first-order valence-corrected chi connectivity index (χ1v) is 16.9. The van der Waals surface area contributed by atoms with Crippen LogP contribution in [-0.4, -0.2) is 56.5 Å². The second-order valence-electron chi connectivity index (χ2n) is 14.1. The van der Waals surface area contributed by atoms with E-state index >= 15 is 0 Å². The maximum absolute atomic E-state index is 13.8. The molecule has 0 radical (unpaired) electrons. The Morgan fingerprint density at radius 2 is 1.62 bits per heavy atom. The largest absolute Gasteiger partial charge is 0.464 e. The number of benzene rings is 2. The van der Waals surface area contributed by atoms with Crippen LogP contribution in [0.15, 0.2) is 60.7 Å². The topological polar surface area (TPSA) is 57.2 Å². The van der Waals surface area contributed by atoms with E-state index in [1.807, 2.05) is 24.1 Å². The fourth-order valence-corrected chi connectivity index (χ4v) is 13.1. The van der Waals surface area contributed by atoms with Crippen LogP contribution >= 0.6 is 0 Å². The molecule has 0 N–H and O–H groups in total. The third-order valence-corrected chi connectivity index (χ3v) is 16.0. The quantitative estimate of drug-likeness (QED) is 0.347. The third kappa shape index (κ3) is 3.77. The zero-order valence-electron chi connectivity index (χ0n) is 25.1. The maximum atomic E-state index is 13.8. The number of hydrogen-bond donors (Lipinski definition) is 0. The molecular formula is C33H45NO5Si. The van der Waals surface area contributed by atoms with E-state index in [0.717, 1.165) is 6.42 Å². The predicted molar refractivity (Wildman–Crippen MR) is 158 cm³/mol. The second kappa shape index (κ2) is 9.50. The Bertz CT molecular complexity index is 1210. The second-order valence-corrected chi connectivity index (χ2v) is 18.4. The zero-order valence-corrected chi connectivity index (χ0v) is 26.1. The van der Waals surface area contributed by atoms with Gasteiger partial charge in [-0.05, 0) is 46.5 Å². The van der Waals surface area contributed by atoms with Crippen LogP contribution in [0.2, 0.25) is 5.04 Å². The van der Waals surface area contributed by atoms with Crippen molar-refractivity contribution in [2.75, 3.05) is 13.2 Å². The fourth-order valence-electron chi connectivity index (χ4n) is 8.51. The summed E-state index contributed by atoms with van der Waals surface area (Å²) in [7, 11) is -2.89. The molecule has 2 aromatic rings. The van der Waals surface area contributed by atoms with Gasteiger partial charge in [-0.25, -0.2) is 4.79 Å². The molecule has 216 valence electrons. The van der Waals surface area contributed by atoms with Crippen molar-refractivity contribution in [3.8, 4) is 0 Å². The first-order valence-electron chi connectivity index (χ1n) is 15.0. The summed E-state index contributed by atoms with van der Waals surface area (Å²) in [6.07, 6.45) is 2.57. The Hall–Kier alpha value is -2.03. The fraction of sp³-hybridized carbons (Fsp3) is 0.606. The lowest BCUT2D eigenvalue weighted by molar-refractivity contribution is -0.243. The van der Waals surface area contributed by atoms with Crippen molar-refractivity contribution in [2.24, 2.45) is 16.7 Å². The number of rotatable bonds is 7. The molecule has 2 heterocycles. The minimum atomic E-state index is -2.89. The first kappa shape index (κ1) is 28.1. The lowest BCUT2D eigenvalue weighted by atomic mass is 9.70. The Balaban J connectivity index is 1.37. The minimum absolute atomic E-state index is 0.105. The summed E-state index contributed by atoms with van der Waals surface area (Å²) in [5.41, 5.74) is -1.00. The van der Waals surface area contributed by atoms with Gasteiger partial charge in [0.1, 0.15) is 6.23 Å². The van der Waals surface area contributed by atoms with E-state index in [1.54, 1.807) is 0 Å². The number of nitrogens with zero attached hydrogens (tertiary/aromatic N) is 1. The molecule has 4 aliphatic rings. The summed E-state index contributed by atoms with van der Waals surface area (Å²) < 4.78 is 19.7. The highest BCUT2D eigenvalue weighted by Gasteiger charge is 2.74. The predicted octanol–water partition coefficient (Wildman–Crippen LogP) is 5.05. The summed E-state index contributed by atoms with van der Waals surface area (Å²) in [5.74, 6) is 0.0965. The van der Waals surface area contributed by atoms with Crippen LogP contribution in [0.25, 0.3) is 0 Å². The van der Waals surface area contributed by atoms with Gasteiger partial charge in [0.15, 0.2) is 0 Å². The Labute approximate surface area is 240 Å². The van der Waals surface area contributed by atoms with Gasteiger partial charge in [0.05, 0.1) is 25.4 Å². The Morgan fingerprint density at radius 3 is 2.17 bits per heavy atom. The van der Waals surface area contributed by atoms with Crippen LogP contribution in [0, 0.1) is 16.7 Å². The van der Waals surface area contributed by atoms with E-state index in [-0.39, 0.29) is 53.4 Å². The molecule has 6 atom stereocenters. The molecule has 2 bridgehead atoms. The molecule has 2 aliphatic carbocycles. The molecule has 2 aromatic carbocycles. The summed E-state index contributed by atoms with van der Waals surface area (Å²) in [6, 6.07) is 21.2. The van der Waals surface area contributed by atoms with Gasteiger partial charge in [-0.2, -0.15) is 5.06 Å². The molecule has 40 heavy (non-hydrogen) atoms. The molecule has 2 saturated heterocycles. The maximum Gasteiger partial charge on any atom is 0.343 e. The highest BCUT2D eigenvalue weighted by atomic mass is 28.4. The number of esters is 1. The summed E-state index contributed by atoms with van der Waals surface area (Å²) in [6.45, 7) is 16.1. The van der Waals surface area contributed by atoms with Gasteiger partial charge >= 0.3 is 5.97 Å². The molecule has 6 rings (SSSR count). The summed E-state index contributed by atoms with van der Waals surface area (Å²) in [4.78, 5) is 20.6.